The molecule has 23 heavy (non-hydrogen) atoms. The standard InChI is InChI=1S/C15H26N4O2.2ClH/c1-13(10-19-8-7-17-12-19)9-18-14(20)15(11-21-2)3-5-16-6-4-15;;/h7-8,12-13,16H,3-6,9-11H2,1-2H3,(H,18,20);2*1H. The monoisotopic (exact) mass is 366 g/mol. The van der Waals surface area contributed by atoms with Crippen LogP contribution in [-0.4, -0.2) is 48.8 Å². The minimum atomic E-state index is -0.366. The second-order valence-electron chi connectivity index (χ2n) is 6.04. The van der Waals surface area contributed by atoms with Gasteiger partial charge in [0.1, 0.15) is 0 Å². The van der Waals surface area contributed by atoms with Crippen molar-refractivity contribution in [1.29, 1.82) is 0 Å². The van der Waals surface area contributed by atoms with E-state index >= 15 is 0 Å². The summed E-state index contributed by atoms with van der Waals surface area (Å²) in [7, 11) is 1.67. The van der Waals surface area contributed by atoms with Crippen LogP contribution < -0.4 is 10.6 Å². The highest BCUT2D eigenvalue weighted by Crippen LogP contribution is 2.29. The highest BCUT2D eigenvalue weighted by Gasteiger charge is 2.39. The maximum absolute atomic E-state index is 12.6. The molecule has 1 amide bonds. The van der Waals surface area contributed by atoms with Crippen molar-refractivity contribution < 1.29 is 9.53 Å². The van der Waals surface area contributed by atoms with Crippen LogP contribution in [0.5, 0.6) is 0 Å². The zero-order valence-corrected chi connectivity index (χ0v) is 15.4. The van der Waals surface area contributed by atoms with E-state index in [-0.39, 0.29) is 36.1 Å². The van der Waals surface area contributed by atoms with Crippen molar-refractivity contribution in [2.45, 2.75) is 26.3 Å². The van der Waals surface area contributed by atoms with E-state index in [2.05, 4.69) is 22.5 Å². The second-order valence-corrected chi connectivity index (χ2v) is 6.04. The molecule has 0 spiro atoms. The number of nitrogens with zero attached hydrogens (tertiary/aromatic N) is 2. The SMILES string of the molecule is COCC1(C(=O)NCC(C)Cn2ccnc2)CCNCC1.Cl.Cl. The zero-order chi connectivity index (χ0) is 15.1. The van der Waals surface area contributed by atoms with E-state index in [0.717, 1.165) is 32.5 Å². The molecule has 0 bridgehead atoms. The molecule has 0 aliphatic carbocycles. The predicted octanol–water partition coefficient (Wildman–Crippen LogP) is 1.50. The van der Waals surface area contributed by atoms with Gasteiger partial charge in [-0.3, -0.25) is 4.79 Å². The molecule has 1 atom stereocenters. The number of hydrogen-bond acceptors (Lipinski definition) is 4. The number of aromatic nitrogens is 2. The van der Waals surface area contributed by atoms with Gasteiger partial charge in [0, 0.05) is 32.6 Å². The Morgan fingerprint density at radius 2 is 2.13 bits per heavy atom. The zero-order valence-electron chi connectivity index (χ0n) is 13.8. The van der Waals surface area contributed by atoms with E-state index in [4.69, 9.17) is 4.74 Å². The van der Waals surface area contributed by atoms with Crippen molar-refractivity contribution >= 4 is 30.7 Å². The molecule has 1 aliphatic rings. The van der Waals surface area contributed by atoms with E-state index in [1.54, 1.807) is 19.6 Å². The lowest BCUT2D eigenvalue weighted by Gasteiger charge is -2.35. The highest BCUT2D eigenvalue weighted by atomic mass is 35.5. The summed E-state index contributed by atoms with van der Waals surface area (Å²) in [6.07, 6.45) is 7.19. The van der Waals surface area contributed by atoms with E-state index < -0.39 is 0 Å². The molecule has 8 heteroatoms. The number of imidazole rings is 1. The van der Waals surface area contributed by atoms with Crippen LogP contribution in [0.15, 0.2) is 18.7 Å². The molecule has 2 heterocycles. The van der Waals surface area contributed by atoms with Gasteiger partial charge in [0.15, 0.2) is 0 Å². The first-order valence-corrected chi connectivity index (χ1v) is 7.60. The summed E-state index contributed by atoms with van der Waals surface area (Å²) in [6, 6.07) is 0. The third kappa shape index (κ3) is 6.30. The van der Waals surface area contributed by atoms with Gasteiger partial charge in [0.25, 0.3) is 0 Å². The summed E-state index contributed by atoms with van der Waals surface area (Å²) in [4.78, 5) is 16.6. The number of rotatable bonds is 7. The Morgan fingerprint density at radius 3 is 2.70 bits per heavy atom. The van der Waals surface area contributed by atoms with Gasteiger partial charge in [-0.2, -0.15) is 0 Å². The summed E-state index contributed by atoms with van der Waals surface area (Å²) in [5.74, 6) is 0.493. The molecule has 1 aromatic rings. The Bertz CT molecular complexity index is 431. The molecule has 1 saturated heterocycles. The van der Waals surface area contributed by atoms with Crippen LogP contribution in [0.25, 0.3) is 0 Å². The molecule has 1 aliphatic heterocycles. The molecule has 1 fully saturated rings. The number of piperidine rings is 1. The van der Waals surface area contributed by atoms with E-state index in [9.17, 15) is 4.79 Å². The largest absolute Gasteiger partial charge is 0.384 e. The summed E-state index contributed by atoms with van der Waals surface area (Å²) < 4.78 is 7.33. The summed E-state index contributed by atoms with van der Waals surface area (Å²) in [6.45, 7) is 5.92. The van der Waals surface area contributed by atoms with Gasteiger partial charge < -0.3 is 19.9 Å². The molecule has 2 N–H and O–H groups in total. The predicted molar refractivity (Wildman–Crippen MR) is 95.3 cm³/mol. The first-order chi connectivity index (χ1) is 10.2. The molecule has 0 aromatic carbocycles. The fraction of sp³-hybridized carbons (Fsp3) is 0.733. The van der Waals surface area contributed by atoms with Crippen LogP contribution in [0.1, 0.15) is 19.8 Å². The lowest BCUT2D eigenvalue weighted by Crippen LogP contribution is -2.50. The van der Waals surface area contributed by atoms with Crippen molar-refractivity contribution in [3.8, 4) is 0 Å². The van der Waals surface area contributed by atoms with Crippen LogP contribution in [-0.2, 0) is 16.1 Å². The molecular weight excluding hydrogens is 339 g/mol. The maximum atomic E-state index is 12.6. The molecule has 0 saturated carbocycles. The normalized spacial score (nSPS) is 17.5. The Hall–Kier alpha value is -0.820. The molecular formula is C15H28Cl2N4O2. The van der Waals surface area contributed by atoms with Crippen molar-refractivity contribution in [2.75, 3.05) is 33.4 Å². The number of nitrogens with one attached hydrogen (secondary N) is 2. The van der Waals surface area contributed by atoms with E-state index in [1.807, 2.05) is 10.8 Å². The van der Waals surface area contributed by atoms with Gasteiger partial charge in [0.2, 0.25) is 5.91 Å². The Kier molecular flexibility index (Phi) is 10.5. The molecule has 6 nitrogen and oxygen atoms in total. The number of carbonyl (C=O) groups excluding carboxylic acids is 1. The second kappa shape index (κ2) is 10.9. The number of ether oxygens (including phenoxy) is 1. The van der Waals surface area contributed by atoms with Gasteiger partial charge in [0.05, 0.1) is 18.3 Å². The van der Waals surface area contributed by atoms with Crippen LogP contribution in [0.2, 0.25) is 0 Å². The summed E-state index contributed by atoms with van der Waals surface area (Å²) >= 11 is 0. The number of methoxy groups -OCH3 is 1. The number of halogens is 2. The van der Waals surface area contributed by atoms with Crippen molar-refractivity contribution in [3.05, 3.63) is 18.7 Å². The Morgan fingerprint density at radius 1 is 1.43 bits per heavy atom. The maximum Gasteiger partial charge on any atom is 0.228 e. The number of amides is 1. The topological polar surface area (TPSA) is 68.2 Å². The van der Waals surface area contributed by atoms with Crippen molar-refractivity contribution in [3.63, 3.8) is 0 Å². The van der Waals surface area contributed by atoms with Gasteiger partial charge in [-0.25, -0.2) is 4.98 Å². The van der Waals surface area contributed by atoms with E-state index in [1.165, 1.54) is 0 Å². The van der Waals surface area contributed by atoms with Gasteiger partial charge in [-0.1, -0.05) is 6.92 Å². The third-order valence-electron chi connectivity index (χ3n) is 4.16. The quantitative estimate of drug-likeness (QED) is 0.766. The smallest absolute Gasteiger partial charge is 0.228 e. The van der Waals surface area contributed by atoms with Gasteiger partial charge >= 0.3 is 0 Å². The van der Waals surface area contributed by atoms with Crippen molar-refractivity contribution in [1.82, 2.24) is 20.2 Å². The van der Waals surface area contributed by atoms with Gasteiger partial charge in [-0.05, 0) is 31.8 Å². The number of carbonyl (C=O) groups is 1. The van der Waals surface area contributed by atoms with E-state index in [0.29, 0.717) is 19.1 Å². The lowest BCUT2D eigenvalue weighted by atomic mass is 9.78. The first kappa shape index (κ1) is 22.2. The fourth-order valence-corrected chi connectivity index (χ4v) is 2.89. The molecule has 1 aromatic heterocycles. The average molecular weight is 367 g/mol. The Labute approximate surface area is 150 Å². The van der Waals surface area contributed by atoms with Crippen LogP contribution >= 0.6 is 24.8 Å². The molecule has 134 valence electrons. The third-order valence-corrected chi connectivity index (χ3v) is 4.16. The van der Waals surface area contributed by atoms with Crippen LogP contribution in [0, 0.1) is 11.3 Å². The molecule has 1 unspecified atom stereocenters. The van der Waals surface area contributed by atoms with Crippen molar-refractivity contribution in [2.24, 2.45) is 11.3 Å². The van der Waals surface area contributed by atoms with Crippen LogP contribution in [0.3, 0.4) is 0 Å². The first-order valence-electron chi connectivity index (χ1n) is 7.60. The number of hydrogen-bond donors (Lipinski definition) is 2. The highest BCUT2D eigenvalue weighted by molar-refractivity contribution is 5.85. The van der Waals surface area contributed by atoms with Crippen LogP contribution in [0.4, 0.5) is 0 Å². The summed E-state index contributed by atoms with van der Waals surface area (Å²) in [5, 5.41) is 6.41. The molecule has 0 radical (unpaired) electrons. The minimum Gasteiger partial charge on any atom is -0.384 e. The molecule has 2 rings (SSSR count). The average Bonchev–Trinajstić information content (AvgIpc) is 2.99. The minimum absolute atomic E-state index is 0. The Balaban J connectivity index is 0.00000242. The lowest BCUT2D eigenvalue weighted by molar-refractivity contribution is -0.136. The summed E-state index contributed by atoms with van der Waals surface area (Å²) in [5.41, 5.74) is -0.366. The van der Waals surface area contributed by atoms with Gasteiger partial charge in [-0.15, -0.1) is 24.8 Å². The fourth-order valence-electron chi connectivity index (χ4n) is 2.89.